The molecule has 1 saturated heterocycles. The van der Waals surface area contributed by atoms with Crippen LogP contribution in [0.3, 0.4) is 0 Å². The Morgan fingerprint density at radius 2 is 2.19 bits per heavy atom. The van der Waals surface area contributed by atoms with Crippen molar-refractivity contribution >= 4 is 5.96 Å². The summed E-state index contributed by atoms with van der Waals surface area (Å²) in [6.45, 7) is 5.20. The Bertz CT molecular complexity index is 573. The molecule has 1 aromatic rings. The van der Waals surface area contributed by atoms with Crippen molar-refractivity contribution in [3.05, 3.63) is 35.4 Å². The van der Waals surface area contributed by atoms with E-state index in [2.05, 4.69) is 15.6 Å². The maximum absolute atomic E-state index is 12.8. The molecule has 26 heavy (non-hydrogen) atoms. The minimum absolute atomic E-state index is 0.163. The van der Waals surface area contributed by atoms with Gasteiger partial charge in [-0.05, 0) is 37.5 Å². The summed E-state index contributed by atoms with van der Waals surface area (Å²) >= 11 is 0. The van der Waals surface area contributed by atoms with Crippen molar-refractivity contribution in [2.24, 2.45) is 4.99 Å². The van der Waals surface area contributed by atoms with Crippen LogP contribution in [0.1, 0.15) is 30.9 Å². The van der Waals surface area contributed by atoms with Crippen molar-refractivity contribution in [1.82, 2.24) is 10.6 Å². The van der Waals surface area contributed by atoms with Crippen LogP contribution in [0.25, 0.3) is 0 Å². The largest absolute Gasteiger partial charge is 0.416 e. The third-order valence-electron chi connectivity index (χ3n) is 3.88. The molecule has 146 valence electrons. The van der Waals surface area contributed by atoms with E-state index in [1.807, 2.05) is 6.92 Å². The highest BCUT2D eigenvalue weighted by molar-refractivity contribution is 5.79. The summed E-state index contributed by atoms with van der Waals surface area (Å²) in [7, 11) is 0. The molecule has 0 saturated carbocycles. The monoisotopic (exact) mass is 373 g/mol. The van der Waals surface area contributed by atoms with Gasteiger partial charge in [0.05, 0.1) is 31.4 Å². The smallest absolute Gasteiger partial charge is 0.377 e. The van der Waals surface area contributed by atoms with Gasteiger partial charge in [-0.3, -0.25) is 0 Å². The minimum atomic E-state index is -4.34. The topological polar surface area (TPSA) is 54.9 Å². The molecule has 0 radical (unpaired) electrons. The van der Waals surface area contributed by atoms with Gasteiger partial charge in [-0.1, -0.05) is 12.1 Å². The van der Waals surface area contributed by atoms with Crippen molar-refractivity contribution in [1.29, 1.82) is 0 Å². The van der Waals surface area contributed by atoms with Crippen molar-refractivity contribution in [2.45, 2.75) is 38.6 Å². The van der Waals surface area contributed by atoms with Gasteiger partial charge in [0.25, 0.3) is 0 Å². The molecule has 1 atom stereocenters. The van der Waals surface area contributed by atoms with Crippen LogP contribution in [-0.4, -0.2) is 45.0 Å². The number of aliphatic imine (C=N–C) groups is 1. The number of alkyl halides is 3. The first-order valence-corrected chi connectivity index (χ1v) is 8.86. The molecule has 1 aliphatic heterocycles. The third kappa shape index (κ3) is 7.21. The van der Waals surface area contributed by atoms with E-state index < -0.39 is 11.7 Å². The number of hydrogen-bond donors (Lipinski definition) is 2. The fourth-order valence-corrected chi connectivity index (χ4v) is 2.59. The molecule has 0 spiro atoms. The van der Waals surface area contributed by atoms with Gasteiger partial charge in [-0.2, -0.15) is 13.2 Å². The Morgan fingerprint density at radius 3 is 2.88 bits per heavy atom. The Balaban J connectivity index is 1.78. The van der Waals surface area contributed by atoms with E-state index >= 15 is 0 Å². The summed E-state index contributed by atoms with van der Waals surface area (Å²) in [6.07, 6.45) is -2.03. The summed E-state index contributed by atoms with van der Waals surface area (Å²) in [4.78, 5) is 4.33. The van der Waals surface area contributed by atoms with E-state index in [4.69, 9.17) is 9.47 Å². The lowest BCUT2D eigenvalue weighted by Crippen LogP contribution is -2.39. The molecule has 0 bridgehead atoms. The molecule has 8 heteroatoms. The van der Waals surface area contributed by atoms with E-state index in [-0.39, 0.29) is 12.6 Å². The predicted octanol–water partition coefficient (Wildman–Crippen LogP) is 2.96. The third-order valence-corrected chi connectivity index (χ3v) is 3.88. The Kier molecular flexibility index (Phi) is 8.18. The maximum Gasteiger partial charge on any atom is 0.416 e. The molecule has 1 aromatic carbocycles. The van der Waals surface area contributed by atoms with Crippen LogP contribution in [0.5, 0.6) is 0 Å². The van der Waals surface area contributed by atoms with Gasteiger partial charge in [0.15, 0.2) is 5.96 Å². The maximum atomic E-state index is 12.8. The summed E-state index contributed by atoms with van der Waals surface area (Å²) < 4.78 is 49.3. The van der Waals surface area contributed by atoms with Gasteiger partial charge in [-0.25, -0.2) is 4.99 Å². The zero-order valence-electron chi connectivity index (χ0n) is 14.9. The quantitative estimate of drug-likeness (QED) is 0.418. The van der Waals surface area contributed by atoms with Gasteiger partial charge in [-0.15, -0.1) is 0 Å². The number of benzene rings is 1. The van der Waals surface area contributed by atoms with E-state index in [1.54, 1.807) is 6.07 Å². The van der Waals surface area contributed by atoms with Gasteiger partial charge >= 0.3 is 6.18 Å². The summed E-state index contributed by atoms with van der Waals surface area (Å²) in [5.41, 5.74) is -0.155. The normalized spacial score (nSPS) is 18.2. The first-order valence-electron chi connectivity index (χ1n) is 8.86. The van der Waals surface area contributed by atoms with Crippen LogP contribution in [0, 0.1) is 0 Å². The second-order valence-electron chi connectivity index (χ2n) is 6.03. The van der Waals surface area contributed by atoms with E-state index in [0.717, 1.165) is 31.6 Å². The van der Waals surface area contributed by atoms with Crippen molar-refractivity contribution in [3.63, 3.8) is 0 Å². The first kappa shape index (κ1) is 20.5. The average Bonchev–Trinajstić information content (AvgIpc) is 3.12. The molecule has 1 unspecified atom stereocenters. The fourth-order valence-electron chi connectivity index (χ4n) is 2.59. The second-order valence-corrected chi connectivity index (χ2v) is 6.03. The lowest BCUT2D eigenvalue weighted by molar-refractivity contribution is -0.137. The Morgan fingerprint density at radius 1 is 1.35 bits per heavy atom. The molecule has 0 amide bonds. The van der Waals surface area contributed by atoms with Crippen LogP contribution >= 0.6 is 0 Å². The van der Waals surface area contributed by atoms with Crippen molar-refractivity contribution in [3.8, 4) is 0 Å². The zero-order chi connectivity index (χ0) is 18.8. The lowest BCUT2D eigenvalue weighted by Gasteiger charge is -2.13. The second kappa shape index (κ2) is 10.4. The van der Waals surface area contributed by atoms with Gasteiger partial charge < -0.3 is 20.1 Å². The number of halogens is 3. The van der Waals surface area contributed by atoms with E-state index in [9.17, 15) is 13.2 Å². The van der Waals surface area contributed by atoms with Crippen LogP contribution in [0.15, 0.2) is 29.3 Å². The van der Waals surface area contributed by atoms with E-state index in [0.29, 0.717) is 37.8 Å². The molecule has 1 aliphatic rings. The highest BCUT2D eigenvalue weighted by Gasteiger charge is 2.30. The molecule has 5 nitrogen and oxygen atoms in total. The van der Waals surface area contributed by atoms with Crippen LogP contribution < -0.4 is 10.6 Å². The van der Waals surface area contributed by atoms with Gasteiger partial charge in [0.2, 0.25) is 0 Å². The standard InChI is InChI=1S/C18H26F3N3O2/c1-2-22-17(23-8-10-25-13-16-7-4-9-26-16)24-12-14-5-3-6-15(11-14)18(19,20)21/h3,5-6,11,16H,2,4,7-10,12-13H2,1H3,(H2,22,23,24). The number of hydrogen-bond acceptors (Lipinski definition) is 3. The summed E-state index contributed by atoms with van der Waals surface area (Å²) in [6, 6.07) is 5.21. The summed E-state index contributed by atoms with van der Waals surface area (Å²) in [5, 5.41) is 6.18. The van der Waals surface area contributed by atoms with Crippen LogP contribution in [-0.2, 0) is 22.2 Å². The molecule has 1 fully saturated rings. The molecule has 2 rings (SSSR count). The highest BCUT2D eigenvalue weighted by Crippen LogP contribution is 2.29. The minimum Gasteiger partial charge on any atom is -0.377 e. The lowest BCUT2D eigenvalue weighted by atomic mass is 10.1. The summed E-state index contributed by atoms with van der Waals surface area (Å²) in [5.74, 6) is 0.547. The molecular formula is C18H26F3N3O2. The van der Waals surface area contributed by atoms with Crippen LogP contribution in [0.4, 0.5) is 13.2 Å². The number of rotatable bonds is 8. The number of nitrogens with one attached hydrogen (secondary N) is 2. The number of ether oxygens (including phenoxy) is 2. The molecule has 1 heterocycles. The van der Waals surface area contributed by atoms with E-state index in [1.165, 1.54) is 6.07 Å². The van der Waals surface area contributed by atoms with Crippen molar-refractivity contribution < 1.29 is 22.6 Å². The molecule has 0 aromatic heterocycles. The van der Waals surface area contributed by atoms with Gasteiger partial charge in [0.1, 0.15) is 0 Å². The number of guanidine groups is 1. The first-order chi connectivity index (χ1) is 12.5. The van der Waals surface area contributed by atoms with Gasteiger partial charge in [0, 0.05) is 19.7 Å². The highest BCUT2D eigenvalue weighted by atomic mass is 19.4. The number of nitrogens with zero attached hydrogens (tertiary/aromatic N) is 1. The average molecular weight is 373 g/mol. The molecule has 0 aliphatic carbocycles. The SMILES string of the molecule is CCNC(=NCc1cccc(C(F)(F)F)c1)NCCOCC1CCCO1. The van der Waals surface area contributed by atoms with Crippen LogP contribution in [0.2, 0.25) is 0 Å². The fraction of sp³-hybridized carbons (Fsp3) is 0.611. The molecular weight excluding hydrogens is 347 g/mol. The Hall–Kier alpha value is -1.80. The predicted molar refractivity (Wildman–Crippen MR) is 94.1 cm³/mol. The zero-order valence-corrected chi connectivity index (χ0v) is 14.9. The Labute approximate surface area is 152 Å². The molecule has 2 N–H and O–H groups in total. The van der Waals surface area contributed by atoms with Crippen molar-refractivity contribution in [2.75, 3.05) is 32.9 Å².